The number of rotatable bonds is 7. The quantitative estimate of drug-likeness (QED) is 0.154. The summed E-state index contributed by atoms with van der Waals surface area (Å²) in [5.74, 6) is 0. The summed E-state index contributed by atoms with van der Waals surface area (Å²) in [6.07, 6.45) is 0. The number of hydrogen-bond donors (Lipinski definition) is 0. The fourth-order valence-corrected chi connectivity index (χ4v) is 15.2. The lowest BCUT2D eigenvalue weighted by molar-refractivity contribution is 0.769. The maximum atomic E-state index is 2.61. The smallest absolute Gasteiger partial charge is 0.0726 e. The summed E-state index contributed by atoms with van der Waals surface area (Å²) < 4.78 is 2.55. The van der Waals surface area contributed by atoms with E-state index in [1.54, 1.807) is 0 Å². The highest BCUT2D eigenvalue weighted by molar-refractivity contribution is 7.26. The van der Waals surface area contributed by atoms with Gasteiger partial charge in [-0.25, -0.2) is 0 Å². The number of fused-ring (bicyclic) bond motifs is 16. The number of hydrogen-bond acceptors (Lipinski definition) is 2. The monoisotopic (exact) mass is 981 g/mol. The van der Waals surface area contributed by atoms with Gasteiger partial charge in [-0.05, 0) is 137 Å². The van der Waals surface area contributed by atoms with Crippen LogP contribution >= 0.6 is 11.3 Å². The maximum Gasteiger partial charge on any atom is 0.0726 e. The van der Waals surface area contributed by atoms with Gasteiger partial charge in [0.1, 0.15) is 0 Å². The van der Waals surface area contributed by atoms with E-state index in [1.807, 2.05) is 11.3 Å². The Kier molecular flexibility index (Phi) is 9.40. The molecule has 1 heterocycles. The van der Waals surface area contributed by atoms with Gasteiger partial charge in [0, 0.05) is 26.7 Å². The predicted molar refractivity (Wildman–Crippen MR) is 318 cm³/mol. The zero-order valence-electron chi connectivity index (χ0n) is 41.5. The topological polar surface area (TPSA) is 3.24 Å². The molecule has 16 rings (SSSR count). The minimum Gasteiger partial charge on any atom is -0.308 e. The highest BCUT2D eigenvalue weighted by Crippen LogP contribution is 2.65. The molecule has 0 atom stereocenters. The minimum atomic E-state index is -0.640. The lowest BCUT2D eigenvalue weighted by atomic mass is 9.67. The molecular formula is C74H47NS. The Balaban J connectivity index is 0.988. The molecule has 0 N–H and O–H groups in total. The molecule has 13 aromatic rings. The second-order valence-corrected chi connectivity index (χ2v) is 21.6. The van der Waals surface area contributed by atoms with Crippen LogP contribution in [0.2, 0.25) is 0 Å². The van der Waals surface area contributed by atoms with E-state index in [0.717, 1.165) is 11.4 Å². The van der Waals surface area contributed by atoms with Crippen LogP contribution in [0.5, 0.6) is 0 Å². The van der Waals surface area contributed by atoms with Crippen molar-refractivity contribution in [2.24, 2.45) is 0 Å². The maximum absolute atomic E-state index is 2.61. The SMILES string of the molecule is c1ccc(-c2cccc(C3(c4cccc(-c5ccccc5)c4)c4ccccc4-c4cc(N(c5cccc6c5-c5ccccc5C65c6ccccc6-c6ccccc65)c5cccc6c5sc5ccccc56)ccc43)c2)cc1. The summed E-state index contributed by atoms with van der Waals surface area (Å²) in [6.45, 7) is 0. The molecule has 12 aromatic carbocycles. The first-order valence-electron chi connectivity index (χ1n) is 26.4. The number of nitrogens with zero attached hydrogens (tertiary/aromatic N) is 1. The molecule has 0 fully saturated rings. The van der Waals surface area contributed by atoms with E-state index in [0.29, 0.717) is 0 Å². The van der Waals surface area contributed by atoms with Crippen LogP contribution in [0.25, 0.3) is 75.8 Å². The van der Waals surface area contributed by atoms with Crippen LogP contribution in [-0.2, 0) is 10.8 Å². The van der Waals surface area contributed by atoms with Crippen molar-refractivity contribution in [3.63, 3.8) is 0 Å². The molecule has 354 valence electrons. The fourth-order valence-electron chi connectivity index (χ4n) is 14.0. The van der Waals surface area contributed by atoms with Crippen LogP contribution in [0.1, 0.15) is 44.5 Å². The number of benzene rings is 12. The molecule has 1 nitrogen and oxygen atoms in total. The standard InChI is InChI=1S/C74H47NS/c1-3-21-48(22-4-1)50-25-17-27-52(45-50)73(53-28-18-26-51(46-53)49-23-5-2-6-24-49)62-35-12-9-31-57(62)61-47-54(43-44-66(61)73)75(69-41-19-34-59-58-32-11-16-42-70(58)76-72(59)69)68-40-20-39-67-71(68)60-33-10-15-38-65(60)74(67)63-36-13-7-29-55(63)56-30-8-14-37-64(56)74/h1-47H. The third-order valence-corrected chi connectivity index (χ3v) is 18.2. The van der Waals surface area contributed by atoms with Gasteiger partial charge in [0.25, 0.3) is 0 Å². The molecule has 2 heteroatoms. The van der Waals surface area contributed by atoms with Crippen molar-refractivity contribution in [1.82, 2.24) is 0 Å². The van der Waals surface area contributed by atoms with E-state index in [9.17, 15) is 0 Å². The molecule has 3 aliphatic rings. The Labute approximate surface area is 446 Å². The Bertz CT molecular complexity index is 4360. The van der Waals surface area contributed by atoms with Gasteiger partial charge in [-0.3, -0.25) is 0 Å². The zero-order chi connectivity index (χ0) is 50.0. The third-order valence-electron chi connectivity index (χ3n) is 17.0. The first-order chi connectivity index (χ1) is 37.7. The normalized spacial score (nSPS) is 13.7. The summed E-state index contributed by atoms with van der Waals surface area (Å²) in [5, 5.41) is 2.56. The minimum absolute atomic E-state index is 0.483. The molecule has 0 amide bonds. The van der Waals surface area contributed by atoms with E-state index in [4.69, 9.17) is 0 Å². The van der Waals surface area contributed by atoms with Crippen molar-refractivity contribution in [2.45, 2.75) is 10.8 Å². The molecule has 0 saturated heterocycles. The first kappa shape index (κ1) is 43.1. The first-order valence-corrected chi connectivity index (χ1v) is 27.2. The van der Waals surface area contributed by atoms with Gasteiger partial charge in [-0.2, -0.15) is 0 Å². The van der Waals surface area contributed by atoms with Gasteiger partial charge in [-0.15, -0.1) is 11.3 Å². The average Bonchev–Trinajstić information content (AvgIpc) is 4.38. The highest BCUT2D eigenvalue weighted by Gasteiger charge is 2.53. The Morgan fingerprint density at radius 2 is 0.724 bits per heavy atom. The van der Waals surface area contributed by atoms with Gasteiger partial charge in [0.2, 0.25) is 0 Å². The van der Waals surface area contributed by atoms with Crippen LogP contribution in [0.3, 0.4) is 0 Å². The molecule has 3 aliphatic carbocycles. The summed E-state index contributed by atoms with van der Waals surface area (Å²) in [7, 11) is 0. The van der Waals surface area contributed by atoms with Crippen LogP contribution < -0.4 is 4.90 Å². The van der Waals surface area contributed by atoms with Crippen LogP contribution in [0.15, 0.2) is 285 Å². The van der Waals surface area contributed by atoms with Crippen molar-refractivity contribution in [1.29, 1.82) is 0 Å². The van der Waals surface area contributed by atoms with Gasteiger partial charge < -0.3 is 4.90 Å². The molecule has 0 unspecified atom stereocenters. The van der Waals surface area contributed by atoms with Gasteiger partial charge >= 0.3 is 0 Å². The summed E-state index contributed by atoms with van der Waals surface area (Å²) in [4.78, 5) is 2.61. The van der Waals surface area contributed by atoms with Crippen LogP contribution in [0.4, 0.5) is 17.1 Å². The lowest BCUT2D eigenvalue weighted by Gasteiger charge is -2.35. The lowest BCUT2D eigenvalue weighted by Crippen LogP contribution is -2.28. The number of thiophene rings is 1. The molecule has 0 bridgehead atoms. The molecule has 1 aromatic heterocycles. The van der Waals surface area contributed by atoms with E-state index in [1.165, 1.54) is 126 Å². The van der Waals surface area contributed by atoms with Gasteiger partial charge in [0.05, 0.1) is 26.9 Å². The van der Waals surface area contributed by atoms with Gasteiger partial charge in [-0.1, -0.05) is 243 Å². The molecule has 0 saturated carbocycles. The third kappa shape index (κ3) is 5.90. The van der Waals surface area contributed by atoms with E-state index < -0.39 is 10.8 Å². The van der Waals surface area contributed by atoms with Crippen molar-refractivity contribution in [3.05, 3.63) is 330 Å². The Hall–Kier alpha value is -9.34. The van der Waals surface area contributed by atoms with Crippen molar-refractivity contribution >= 4 is 48.6 Å². The van der Waals surface area contributed by atoms with Crippen molar-refractivity contribution < 1.29 is 0 Å². The molecular weight excluding hydrogens is 935 g/mol. The summed E-state index contributed by atoms with van der Waals surface area (Å²) in [5.41, 5.74) is 25.1. The second kappa shape index (κ2) is 16.6. The van der Waals surface area contributed by atoms with E-state index >= 15 is 0 Å². The summed E-state index contributed by atoms with van der Waals surface area (Å²) in [6, 6.07) is 107. The zero-order valence-corrected chi connectivity index (χ0v) is 42.3. The Morgan fingerprint density at radius 3 is 1.37 bits per heavy atom. The Morgan fingerprint density at radius 1 is 0.276 bits per heavy atom. The average molecular weight is 982 g/mol. The number of anilines is 3. The van der Waals surface area contributed by atoms with Gasteiger partial charge in [0.15, 0.2) is 0 Å². The predicted octanol–water partition coefficient (Wildman–Crippen LogP) is 19.6. The van der Waals surface area contributed by atoms with E-state index in [2.05, 4.69) is 290 Å². The molecule has 0 radical (unpaired) electrons. The van der Waals surface area contributed by atoms with Crippen LogP contribution in [0, 0.1) is 0 Å². The molecule has 1 spiro atoms. The largest absolute Gasteiger partial charge is 0.308 e. The van der Waals surface area contributed by atoms with Crippen molar-refractivity contribution in [2.75, 3.05) is 4.90 Å². The van der Waals surface area contributed by atoms with E-state index in [-0.39, 0.29) is 0 Å². The molecule has 76 heavy (non-hydrogen) atoms. The summed E-state index contributed by atoms with van der Waals surface area (Å²) >= 11 is 1.89. The highest BCUT2D eigenvalue weighted by atomic mass is 32.1. The fraction of sp³-hybridized carbons (Fsp3) is 0.0270. The molecule has 0 aliphatic heterocycles. The van der Waals surface area contributed by atoms with Crippen molar-refractivity contribution in [3.8, 4) is 55.6 Å². The second-order valence-electron chi connectivity index (χ2n) is 20.6. The van der Waals surface area contributed by atoms with Crippen LogP contribution in [-0.4, -0.2) is 0 Å².